The highest BCUT2D eigenvalue weighted by Gasteiger charge is 2.27. The summed E-state index contributed by atoms with van der Waals surface area (Å²) in [4.78, 5) is 11.5. The summed E-state index contributed by atoms with van der Waals surface area (Å²) in [6.45, 7) is 0. The Kier molecular flexibility index (Phi) is 2.86. The number of ether oxygens (including phenoxy) is 1. The molecule has 98 valence electrons. The lowest BCUT2D eigenvalue weighted by Crippen LogP contribution is -2.19. The van der Waals surface area contributed by atoms with Gasteiger partial charge in [0.25, 0.3) is 0 Å². The van der Waals surface area contributed by atoms with Crippen molar-refractivity contribution in [2.75, 3.05) is 5.32 Å². The number of amides is 1. The first kappa shape index (κ1) is 12.2. The second-order valence-corrected chi connectivity index (χ2v) is 4.45. The lowest BCUT2D eigenvalue weighted by Gasteiger charge is -2.07. The molecule has 0 radical (unpaired) electrons. The van der Waals surface area contributed by atoms with Crippen molar-refractivity contribution in [3.05, 3.63) is 53.6 Å². The van der Waals surface area contributed by atoms with Crippen LogP contribution in [0.1, 0.15) is 17.2 Å². The van der Waals surface area contributed by atoms with Crippen molar-refractivity contribution in [2.45, 2.75) is 6.04 Å². The van der Waals surface area contributed by atoms with Crippen LogP contribution in [-0.4, -0.2) is 5.91 Å². The van der Waals surface area contributed by atoms with Gasteiger partial charge in [0.15, 0.2) is 0 Å². The first-order valence-electron chi connectivity index (χ1n) is 6.06. The van der Waals surface area contributed by atoms with Gasteiger partial charge in [-0.25, -0.2) is 0 Å². The van der Waals surface area contributed by atoms with Crippen molar-refractivity contribution in [3.8, 4) is 17.6 Å². The quantitative estimate of drug-likeness (QED) is 0.872. The number of nitrogens with zero attached hydrogens (tertiary/aromatic N) is 1. The maximum atomic E-state index is 11.5. The van der Waals surface area contributed by atoms with E-state index < -0.39 is 6.04 Å². The van der Waals surface area contributed by atoms with Crippen LogP contribution < -0.4 is 15.8 Å². The van der Waals surface area contributed by atoms with Gasteiger partial charge < -0.3 is 15.8 Å². The normalized spacial score (nSPS) is 16.2. The summed E-state index contributed by atoms with van der Waals surface area (Å²) in [6, 6.07) is 13.5. The Hall–Kier alpha value is -2.84. The van der Waals surface area contributed by atoms with Gasteiger partial charge >= 0.3 is 0 Å². The Morgan fingerprint density at radius 1 is 1.15 bits per heavy atom. The monoisotopic (exact) mass is 265 g/mol. The molecule has 0 aromatic heterocycles. The van der Waals surface area contributed by atoms with Gasteiger partial charge in [0, 0.05) is 17.3 Å². The molecule has 0 spiro atoms. The standard InChI is InChI=1S/C15H11N3O2/c16-8-9-1-3-10(4-2-9)20-11-5-6-12-13(7-11)18-15(19)14(12)17/h1-7,14H,17H2,(H,18,19). The average molecular weight is 265 g/mol. The summed E-state index contributed by atoms with van der Waals surface area (Å²) in [6.07, 6.45) is 0. The molecule has 0 fully saturated rings. The van der Waals surface area contributed by atoms with Gasteiger partial charge in [0.05, 0.1) is 11.6 Å². The van der Waals surface area contributed by atoms with E-state index in [1.165, 1.54) is 0 Å². The Bertz CT molecular complexity index is 717. The molecule has 0 saturated heterocycles. The molecular formula is C15H11N3O2. The third kappa shape index (κ3) is 2.09. The van der Waals surface area contributed by atoms with Crippen molar-refractivity contribution in [1.82, 2.24) is 0 Å². The molecule has 1 heterocycles. The highest BCUT2D eigenvalue weighted by atomic mass is 16.5. The van der Waals surface area contributed by atoms with Crippen molar-refractivity contribution >= 4 is 11.6 Å². The van der Waals surface area contributed by atoms with Gasteiger partial charge in [-0.05, 0) is 30.3 Å². The molecule has 3 N–H and O–H groups in total. The van der Waals surface area contributed by atoms with E-state index in [9.17, 15) is 4.79 Å². The summed E-state index contributed by atoms with van der Waals surface area (Å²) in [5, 5.41) is 11.4. The zero-order valence-electron chi connectivity index (χ0n) is 10.5. The maximum absolute atomic E-state index is 11.5. The number of hydrogen-bond acceptors (Lipinski definition) is 4. The fraction of sp³-hybridized carbons (Fsp3) is 0.0667. The Morgan fingerprint density at radius 3 is 2.55 bits per heavy atom. The highest BCUT2D eigenvalue weighted by Crippen LogP contribution is 2.33. The summed E-state index contributed by atoms with van der Waals surface area (Å²) < 4.78 is 5.67. The number of carbonyl (C=O) groups is 1. The van der Waals surface area contributed by atoms with Crippen molar-refractivity contribution in [3.63, 3.8) is 0 Å². The molecule has 1 atom stereocenters. The van der Waals surface area contributed by atoms with E-state index in [0.717, 1.165) is 5.56 Å². The van der Waals surface area contributed by atoms with Crippen LogP contribution >= 0.6 is 0 Å². The van der Waals surface area contributed by atoms with Crippen LogP contribution in [0.3, 0.4) is 0 Å². The second-order valence-electron chi connectivity index (χ2n) is 4.45. The number of anilines is 1. The van der Waals surface area contributed by atoms with Gasteiger partial charge in [-0.2, -0.15) is 5.26 Å². The van der Waals surface area contributed by atoms with Crippen LogP contribution in [0.2, 0.25) is 0 Å². The molecule has 1 aliphatic heterocycles. The molecule has 1 aliphatic rings. The van der Waals surface area contributed by atoms with Gasteiger partial charge in [-0.15, -0.1) is 0 Å². The highest BCUT2D eigenvalue weighted by molar-refractivity contribution is 6.02. The van der Waals surface area contributed by atoms with Crippen LogP contribution in [0.4, 0.5) is 5.69 Å². The first-order valence-corrected chi connectivity index (χ1v) is 6.06. The zero-order valence-corrected chi connectivity index (χ0v) is 10.5. The summed E-state index contributed by atoms with van der Waals surface area (Å²) >= 11 is 0. The van der Waals surface area contributed by atoms with Crippen LogP contribution in [0.5, 0.6) is 11.5 Å². The molecular weight excluding hydrogens is 254 g/mol. The predicted octanol–water partition coefficient (Wildman–Crippen LogP) is 2.30. The minimum absolute atomic E-state index is 0.212. The summed E-state index contributed by atoms with van der Waals surface area (Å²) in [5.74, 6) is 1.01. The van der Waals surface area contributed by atoms with E-state index in [1.807, 2.05) is 6.07 Å². The fourth-order valence-corrected chi connectivity index (χ4v) is 2.06. The van der Waals surface area contributed by atoms with E-state index in [1.54, 1.807) is 42.5 Å². The molecule has 0 aliphatic carbocycles. The Morgan fingerprint density at radius 2 is 1.85 bits per heavy atom. The number of nitrogens with two attached hydrogens (primary N) is 1. The number of fused-ring (bicyclic) bond motifs is 1. The van der Waals surface area contributed by atoms with Gasteiger partial charge in [-0.3, -0.25) is 4.79 Å². The topological polar surface area (TPSA) is 88.1 Å². The molecule has 20 heavy (non-hydrogen) atoms. The van der Waals surface area contributed by atoms with E-state index >= 15 is 0 Å². The molecule has 2 aromatic rings. The van der Waals surface area contributed by atoms with Crippen LogP contribution in [0, 0.1) is 11.3 Å². The van der Waals surface area contributed by atoms with Gasteiger partial charge in [0.1, 0.15) is 17.5 Å². The maximum Gasteiger partial charge on any atom is 0.245 e. The molecule has 0 bridgehead atoms. The van der Waals surface area contributed by atoms with Crippen LogP contribution in [0.15, 0.2) is 42.5 Å². The smallest absolute Gasteiger partial charge is 0.245 e. The van der Waals surface area contributed by atoms with Crippen molar-refractivity contribution in [1.29, 1.82) is 5.26 Å². The first-order chi connectivity index (χ1) is 9.67. The molecule has 1 unspecified atom stereocenters. The second kappa shape index (κ2) is 4.68. The third-order valence-corrected chi connectivity index (χ3v) is 3.12. The fourth-order valence-electron chi connectivity index (χ4n) is 2.06. The zero-order chi connectivity index (χ0) is 14.1. The summed E-state index contributed by atoms with van der Waals surface area (Å²) in [5.41, 5.74) is 7.76. The summed E-state index contributed by atoms with van der Waals surface area (Å²) in [7, 11) is 0. The lowest BCUT2D eigenvalue weighted by molar-refractivity contribution is -0.116. The van der Waals surface area contributed by atoms with E-state index in [0.29, 0.717) is 22.7 Å². The molecule has 5 nitrogen and oxygen atoms in total. The average Bonchev–Trinajstić information content (AvgIpc) is 2.74. The minimum Gasteiger partial charge on any atom is -0.457 e. The molecule has 2 aromatic carbocycles. The van der Waals surface area contributed by atoms with Crippen LogP contribution in [0.25, 0.3) is 0 Å². The SMILES string of the molecule is N#Cc1ccc(Oc2ccc3c(c2)NC(=O)C3N)cc1. The molecule has 3 rings (SSSR count). The Balaban J connectivity index is 1.84. The van der Waals surface area contributed by atoms with E-state index in [4.69, 9.17) is 15.7 Å². The van der Waals surface area contributed by atoms with E-state index in [2.05, 4.69) is 5.32 Å². The number of nitrogens with one attached hydrogen (secondary N) is 1. The number of carbonyl (C=O) groups excluding carboxylic acids is 1. The number of rotatable bonds is 2. The lowest BCUT2D eigenvalue weighted by atomic mass is 10.1. The van der Waals surface area contributed by atoms with E-state index in [-0.39, 0.29) is 5.91 Å². The molecule has 0 saturated carbocycles. The molecule has 1 amide bonds. The largest absolute Gasteiger partial charge is 0.457 e. The minimum atomic E-state index is -0.617. The number of benzene rings is 2. The Labute approximate surface area is 115 Å². The van der Waals surface area contributed by atoms with Crippen molar-refractivity contribution < 1.29 is 9.53 Å². The predicted molar refractivity (Wildman–Crippen MR) is 73.2 cm³/mol. The van der Waals surface area contributed by atoms with Crippen LogP contribution in [-0.2, 0) is 4.79 Å². The van der Waals surface area contributed by atoms with Gasteiger partial charge in [-0.1, -0.05) is 6.07 Å². The van der Waals surface area contributed by atoms with Crippen molar-refractivity contribution in [2.24, 2.45) is 5.73 Å². The molecule has 5 heteroatoms. The number of nitriles is 1. The van der Waals surface area contributed by atoms with Gasteiger partial charge in [0.2, 0.25) is 5.91 Å². The number of hydrogen-bond donors (Lipinski definition) is 2. The third-order valence-electron chi connectivity index (χ3n) is 3.12.